The predicted octanol–water partition coefficient (Wildman–Crippen LogP) is 13.5. The number of nitrogens with zero attached hydrogens (tertiary/aromatic N) is 6. The summed E-state index contributed by atoms with van der Waals surface area (Å²) in [6.45, 7) is 0. The minimum Gasteiger partial charge on any atom is -0.228 e. The summed E-state index contributed by atoms with van der Waals surface area (Å²) in [5.74, 6) is 2.51. The second-order valence-corrected chi connectivity index (χ2v) is 14.8. The summed E-state index contributed by atoms with van der Waals surface area (Å²) < 4.78 is 0. The van der Waals surface area contributed by atoms with Gasteiger partial charge >= 0.3 is 0 Å². The van der Waals surface area contributed by atoms with Gasteiger partial charge in [0.15, 0.2) is 23.3 Å². The summed E-state index contributed by atoms with van der Waals surface area (Å²) in [5.41, 5.74) is 14.0. The highest BCUT2D eigenvalue weighted by molar-refractivity contribution is 5.86. The van der Waals surface area contributed by atoms with Crippen molar-refractivity contribution in [3.05, 3.63) is 224 Å². The average molecular weight is 793 g/mol. The summed E-state index contributed by atoms with van der Waals surface area (Å²) in [6.07, 6.45) is 0. The largest absolute Gasteiger partial charge is 0.228 e. The highest BCUT2D eigenvalue weighted by Gasteiger charge is 2.17. The Kier molecular flexibility index (Phi) is 10.3. The molecule has 0 saturated carbocycles. The minimum atomic E-state index is 0.615. The van der Waals surface area contributed by atoms with Crippen LogP contribution in [0.25, 0.3) is 101 Å². The third kappa shape index (κ3) is 7.78. The Balaban J connectivity index is 1.02. The fourth-order valence-corrected chi connectivity index (χ4v) is 7.70. The number of rotatable bonds is 9. The van der Waals surface area contributed by atoms with E-state index in [1.54, 1.807) is 0 Å². The molecule has 0 amide bonds. The van der Waals surface area contributed by atoms with E-state index in [9.17, 15) is 5.26 Å². The standard InChI is InChI=1S/C56H36N6/c57-37-47-22-10-11-27-48(47)44-24-15-26-46(35-44)51-36-52(59-53(58-51)39-16-4-1-5-17-39)50-29-13-12-28-49(50)45-25-14-23-43(34-45)38-30-32-42(33-31-38)56-61-54(40-18-6-2-7-19-40)60-55(62-56)41-20-8-3-9-21-41/h1-36H. The number of benzene rings is 8. The Morgan fingerprint density at radius 1 is 0.258 bits per heavy atom. The molecule has 0 bridgehead atoms. The SMILES string of the molecule is N#Cc1ccccc1-c1cccc(-c2cc(-c3ccccc3-c3cccc(-c4ccc(-c5nc(-c6ccccc6)nc(-c6ccccc6)n5)cc4)c3)nc(-c3ccccc3)n2)c1. The monoisotopic (exact) mass is 792 g/mol. The summed E-state index contributed by atoms with van der Waals surface area (Å²) >= 11 is 0. The van der Waals surface area contributed by atoms with Crippen LogP contribution in [0.3, 0.4) is 0 Å². The van der Waals surface area contributed by atoms with Crippen LogP contribution in [-0.2, 0) is 0 Å². The lowest BCUT2D eigenvalue weighted by molar-refractivity contribution is 1.07. The molecule has 62 heavy (non-hydrogen) atoms. The van der Waals surface area contributed by atoms with Gasteiger partial charge in [0.1, 0.15) is 0 Å². The van der Waals surface area contributed by atoms with Crippen molar-refractivity contribution in [1.29, 1.82) is 5.26 Å². The molecule has 0 spiro atoms. The van der Waals surface area contributed by atoms with E-state index >= 15 is 0 Å². The van der Waals surface area contributed by atoms with E-state index in [0.717, 1.165) is 78.1 Å². The second kappa shape index (κ2) is 16.9. The van der Waals surface area contributed by atoms with Crippen molar-refractivity contribution in [3.63, 3.8) is 0 Å². The fourth-order valence-electron chi connectivity index (χ4n) is 7.70. The first kappa shape index (κ1) is 37.6. The molecule has 8 aromatic carbocycles. The predicted molar refractivity (Wildman–Crippen MR) is 249 cm³/mol. The highest BCUT2D eigenvalue weighted by atomic mass is 15.0. The Hall–Kier alpha value is -8.66. The normalized spacial score (nSPS) is 10.9. The van der Waals surface area contributed by atoms with Gasteiger partial charge in [-0.05, 0) is 57.6 Å². The van der Waals surface area contributed by atoms with Crippen LogP contribution in [0.4, 0.5) is 0 Å². The van der Waals surface area contributed by atoms with Crippen molar-refractivity contribution in [2.24, 2.45) is 0 Å². The van der Waals surface area contributed by atoms with E-state index in [2.05, 4.69) is 97.1 Å². The quantitative estimate of drug-likeness (QED) is 0.145. The van der Waals surface area contributed by atoms with Crippen LogP contribution in [0.1, 0.15) is 5.56 Å². The first-order chi connectivity index (χ1) is 30.7. The molecule has 0 unspecified atom stereocenters. The fraction of sp³-hybridized carbons (Fsp3) is 0. The van der Waals surface area contributed by atoms with Gasteiger partial charge in [0.2, 0.25) is 0 Å². The van der Waals surface area contributed by atoms with Gasteiger partial charge in [0.05, 0.1) is 23.0 Å². The lowest BCUT2D eigenvalue weighted by Gasteiger charge is -2.14. The lowest BCUT2D eigenvalue weighted by Crippen LogP contribution is -2.00. The number of nitriles is 1. The van der Waals surface area contributed by atoms with Crippen molar-refractivity contribution in [1.82, 2.24) is 24.9 Å². The first-order valence-corrected chi connectivity index (χ1v) is 20.4. The van der Waals surface area contributed by atoms with E-state index in [1.807, 2.05) is 127 Å². The van der Waals surface area contributed by atoms with Crippen molar-refractivity contribution in [2.75, 3.05) is 0 Å². The lowest BCUT2D eigenvalue weighted by atomic mass is 9.93. The molecule has 10 aromatic rings. The minimum absolute atomic E-state index is 0.615. The van der Waals surface area contributed by atoms with Gasteiger partial charge in [-0.15, -0.1) is 0 Å². The maximum absolute atomic E-state index is 9.85. The molecule has 0 saturated heterocycles. The van der Waals surface area contributed by atoms with E-state index < -0.39 is 0 Å². The molecule has 10 rings (SSSR count). The Morgan fingerprint density at radius 3 is 1.23 bits per heavy atom. The third-order valence-corrected chi connectivity index (χ3v) is 10.8. The molecule has 0 fully saturated rings. The molecule has 0 N–H and O–H groups in total. The van der Waals surface area contributed by atoms with Crippen molar-refractivity contribution in [3.8, 4) is 108 Å². The van der Waals surface area contributed by atoms with Gasteiger partial charge in [-0.3, -0.25) is 0 Å². The van der Waals surface area contributed by atoms with Gasteiger partial charge in [0, 0.05) is 33.4 Å². The van der Waals surface area contributed by atoms with E-state index in [-0.39, 0.29) is 0 Å². The van der Waals surface area contributed by atoms with E-state index in [0.29, 0.717) is 28.9 Å². The summed E-state index contributed by atoms with van der Waals surface area (Å²) in [5, 5.41) is 9.85. The first-order valence-electron chi connectivity index (χ1n) is 20.4. The molecular weight excluding hydrogens is 757 g/mol. The van der Waals surface area contributed by atoms with E-state index in [1.165, 1.54) is 0 Å². The topological polar surface area (TPSA) is 88.2 Å². The molecule has 2 aromatic heterocycles. The Morgan fingerprint density at radius 2 is 0.645 bits per heavy atom. The van der Waals surface area contributed by atoms with Gasteiger partial charge in [-0.1, -0.05) is 194 Å². The van der Waals surface area contributed by atoms with Gasteiger partial charge in [-0.2, -0.15) is 5.26 Å². The van der Waals surface area contributed by atoms with Crippen molar-refractivity contribution < 1.29 is 0 Å². The molecule has 0 radical (unpaired) electrons. The smallest absolute Gasteiger partial charge is 0.164 e. The zero-order valence-corrected chi connectivity index (χ0v) is 33.5. The van der Waals surface area contributed by atoms with Gasteiger partial charge in [0.25, 0.3) is 0 Å². The van der Waals surface area contributed by atoms with Gasteiger partial charge < -0.3 is 0 Å². The van der Waals surface area contributed by atoms with E-state index in [4.69, 9.17) is 24.9 Å². The van der Waals surface area contributed by atoms with Crippen LogP contribution in [0.15, 0.2) is 218 Å². The van der Waals surface area contributed by atoms with Crippen LogP contribution >= 0.6 is 0 Å². The van der Waals surface area contributed by atoms with Crippen LogP contribution < -0.4 is 0 Å². The molecule has 0 atom stereocenters. The number of hydrogen-bond acceptors (Lipinski definition) is 6. The molecule has 0 aliphatic carbocycles. The summed E-state index contributed by atoms with van der Waals surface area (Å²) in [6, 6.07) is 75.8. The Bertz CT molecular complexity index is 3170. The number of aromatic nitrogens is 5. The third-order valence-electron chi connectivity index (χ3n) is 10.8. The number of hydrogen-bond donors (Lipinski definition) is 0. The van der Waals surface area contributed by atoms with Crippen molar-refractivity contribution >= 4 is 0 Å². The molecule has 2 heterocycles. The maximum Gasteiger partial charge on any atom is 0.164 e. The average Bonchev–Trinajstić information content (AvgIpc) is 3.37. The molecule has 6 nitrogen and oxygen atoms in total. The highest BCUT2D eigenvalue weighted by Crippen LogP contribution is 2.37. The molecule has 0 aliphatic heterocycles. The molecule has 0 aliphatic rings. The molecular formula is C56H36N6. The summed E-state index contributed by atoms with van der Waals surface area (Å²) in [4.78, 5) is 25.0. The summed E-state index contributed by atoms with van der Waals surface area (Å²) in [7, 11) is 0. The zero-order chi connectivity index (χ0) is 41.7. The van der Waals surface area contributed by atoms with Crippen LogP contribution in [0, 0.1) is 11.3 Å². The molecule has 290 valence electrons. The van der Waals surface area contributed by atoms with Gasteiger partial charge in [-0.25, -0.2) is 24.9 Å². The molecule has 6 heteroatoms. The Labute approximate surface area is 360 Å². The van der Waals surface area contributed by atoms with Crippen LogP contribution in [0.5, 0.6) is 0 Å². The maximum atomic E-state index is 9.85. The van der Waals surface area contributed by atoms with Crippen LogP contribution in [-0.4, -0.2) is 24.9 Å². The second-order valence-electron chi connectivity index (χ2n) is 14.8. The van der Waals surface area contributed by atoms with Crippen molar-refractivity contribution in [2.45, 2.75) is 0 Å². The van der Waals surface area contributed by atoms with Crippen LogP contribution in [0.2, 0.25) is 0 Å². The zero-order valence-electron chi connectivity index (χ0n) is 33.5.